The van der Waals surface area contributed by atoms with Gasteiger partial charge in [0, 0.05) is 30.7 Å². The second-order valence-corrected chi connectivity index (χ2v) is 7.74. The van der Waals surface area contributed by atoms with Gasteiger partial charge in [-0.25, -0.2) is 13.1 Å². The molecule has 0 bridgehead atoms. The summed E-state index contributed by atoms with van der Waals surface area (Å²) in [5.41, 5.74) is 6.16. The van der Waals surface area contributed by atoms with E-state index in [1.807, 2.05) is 0 Å². The number of nitrogens with one attached hydrogen (secondary N) is 1. The Labute approximate surface area is 148 Å². The number of benzene rings is 1. The van der Waals surface area contributed by atoms with Crippen molar-refractivity contribution in [1.29, 1.82) is 0 Å². The molecule has 0 unspecified atom stereocenters. The molecule has 1 heterocycles. The molecule has 1 atom stereocenters. The van der Waals surface area contributed by atoms with Crippen molar-refractivity contribution in [2.75, 3.05) is 20.2 Å². The highest BCUT2D eigenvalue weighted by atomic mass is 35.5. The molecule has 0 radical (unpaired) electrons. The van der Waals surface area contributed by atoms with Crippen molar-refractivity contribution in [1.82, 2.24) is 9.62 Å². The summed E-state index contributed by atoms with van der Waals surface area (Å²) in [6, 6.07) is 4.46. The van der Waals surface area contributed by atoms with Gasteiger partial charge in [0.1, 0.15) is 10.6 Å². The number of hydrogen-bond acceptors (Lipinski definition) is 5. The van der Waals surface area contributed by atoms with Crippen LogP contribution in [0.1, 0.15) is 29.6 Å². The average molecular weight is 376 g/mol. The Morgan fingerprint density at radius 3 is 2.58 bits per heavy atom. The van der Waals surface area contributed by atoms with Gasteiger partial charge in [0.25, 0.3) is 5.91 Å². The summed E-state index contributed by atoms with van der Waals surface area (Å²) >= 11 is 0. The van der Waals surface area contributed by atoms with Crippen LogP contribution in [0.3, 0.4) is 0 Å². The van der Waals surface area contributed by atoms with Crippen molar-refractivity contribution in [2.24, 2.45) is 5.73 Å². The molecule has 1 saturated heterocycles. The smallest absolute Gasteiger partial charge is 0.253 e. The summed E-state index contributed by atoms with van der Waals surface area (Å²) < 4.78 is 32.7. The summed E-state index contributed by atoms with van der Waals surface area (Å²) in [6.45, 7) is 1.09. The Kier molecular flexibility index (Phi) is 5.74. The van der Waals surface area contributed by atoms with Crippen LogP contribution >= 0.6 is 12.4 Å². The van der Waals surface area contributed by atoms with E-state index in [4.69, 9.17) is 10.5 Å². The van der Waals surface area contributed by atoms with E-state index >= 15 is 0 Å². The van der Waals surface area contributed by atoms with Gasteiger partial charge < -0.3 is 15.4 Å². The lowest BCUT2D eigenvalue weighted by Gasteiger charge is -2.17. The van der Waals surface area contributed by atoms with Crippen LogP contribution in [0.25, 0.3) is 0 Å². The molecule has 0 aromatic heterocycles. The Hall–Kier alpha value is -1.35. The first kappa shape index (κ1) is 19.0. The van der Waals surface area contributed by atoms with Gasteiger partial charge in [0.2, 0.25) is 10.0 Å². The van der Waals surface area contributed by atoms with Gasteiger partial charge in [-0.3, -0.25) is 4.79 Å². The van der Waals surface area contributed by atoms with Gasteiger partial charge in [0.15, 0.2) is 0 Å². The van der Waals surface area contributed by atoms with Crippen molar-refractivity contribution < 1.29 is 17.9 Å². The Bertz CT molecular complexity index is 721. The van der Waals surface area contributed by atoms with E-state index < -0.39 is 10.0 Å². The predicted molar refractivity (Wildman–Crippen MR) is 92.1 cm³/mol. The first-order chi connectivity index (χ1) is 10.9. The number of sulfonamides is 1. The molecule has 1 aliphatic heterocycles. The van der Waals surface area contributed by atoms with E-state index in [2.05, 4.69) is 4.72 Å². The number of likely N-dealkylation sites (tertiary alicyclic amines) is 1. The standard InChI is InChI=1S/C15H21N3O4S.ClH/c1-22-13-5-2-10(15(19)18-7-6-11(16)9-18)8-14(13)23(20,21)17-12-3-4-12;/h2,5,8,11-12,17H,3-4,6-7,9,16H2,1H3;1H/t11-;/m1./s1. The zero-order valence-corrected chi connectivity index (χ0v) is 15.0. The highest BCUT2D eigenvalue weighted by Gasteiger charge is 2.31. The number of carbonyl (C=O) groups excluding carboxylic acids is 1. The van der Waals surface area contributed by atoms with E-state index in [1.165, 1.54) is 19.2 Å². The molecule has 9 heteroatoms. The molecule has 3 N–H and O–H groups in total. The molecular weight excluding hydrogens is 354 g/mol. The van der Waals surface area contributed by atoms with Gasteiger partial charge in [-0.2, -0.15) is 0 Å². The molecule has 0 spiro atoms. The number of nitrogens with two attached hydrogens (primary N) is 1. The second-order valence-electron chi connectivity index (χ2n) is 6.06. The third kappa shape index (κ3) is 4.00. The molecular formula is C15H22ClN3O4S. The Morgan fingerprint density at radius 1 is 1.33 bits per heavy atom. The van der Waals surface area contributed by atoms with Gasteiger partial charge in [-0.15, -0.1) is 12.4 Å². The van der Waals surface area contributed by atoms with Crippen LogP contribution in [0.2, 0.25) is 0 Å². The molecule has 1 aliphatic carbocycles. The van der Waals surface area contributed by atoms with Gasteiger partial charge in [-0.05, 0) is 37.5 Å². The number of hydrogen-bond donors (Lipinski definition) is 2. The van der Waals surface area contributed by atoms with Crippen molar-refractivity contribution in [3.05, 3.63) is 23.8 Å². The molecule has 7 nitrogen and oxygen atoms in total. The molecule has 1 aromatic rings. The van der Waals surface area contributed by atoms with Crippen LogP contribution < -0.4 is 15.2 Å². The lowest BCUT2D eigenvalue weighted by molar-refractivity contribution is 0.0790. The number of nitrogens with zero attached hydrogens (tertiary/aromatic N) is 1. The Balaban J connectivity index is 0.00000208. The predicted octanol–water partition coefficient (Wildman–Crippen LogP) is 0.731. The molecule has 2 fully saturated rings. The van der Waals surface area contributed by atoms with Gasteiger partial charge >= 0.3 is 0 Å². The number of amides is 1. The minimum atomic E-state index is -3.70. The third-order valence-corrected chi connectivity index (χ3v) is 5.65. The zero-order valence-electron chi connectivity index (χ0n) is 13.4. The minimum Gasteiger partial charge on any atom is -0.495 e. The summed E-state index contributed by atoms with van der Waals surface area (Å²) in [7, 11) is -2.29. The van der Waals surface area contributed by atoms with Gasteiger partial charge in [-0.1, -0.05) is 0 Å². The third-order valence-electron chi connectivity index (χ3n) is 4.11. The first-order valence-corrected chi connectivity index (χ1v) is 9.14. The highest BCUT2D eigenvalue weighted by molar-refractivity contribution is 7.89. The normalized spacial score (nSPS) is 20.6. The van der Waals surface area contributed by atoms with Crippen LogP contribution in [0.4, 0.5) is 0 Å². The zero-order chi connectivity index (χ0) is 16.6. The number of methoxy groups -OCH3 is 1. The quantitative estimate of drug-likeness (QED) is 0.790. The maximum absolute atomic E-state index is 12.5. The fourth-order valence-corrected chi connectivity index (χ4v) is 4.16. The van der Waals surface area contributed by atoms with Crippen molar-refractivity contribution >= 4 is 28.3 Å². The summed E-state index contributed by atoms with van der Waals surface area (Å²) in [5, 5.41) is 0. The molecule has 1 aromatic carbocycles. The topological polar surface area (TPSA) is 102 Å². The van der Waals surface area contributed by atoms with E-state index in [-0.39, 0.29) is 41.0 Å². The van der Waals surface area contributed by atoms with Crippen LogP contribution in [-0.2, 0) is 10.0 Å². The highest BCUT2D eigenvalue weighted by Crippen LogP contribution is 2.29. The second kappa shape index (κ2) is 7.26. The monoisotopic (exact) mass is 375 g/mol. The van der Waals surface area contributed by atoms with E-state index in [0.717, 1.165) is 19.3 Å². The first-order valence-electron chi connectivity index (χ1n) is 7.66. The maximum Gasteiger partial charge on any atom is 0.253 e. The lowest BCUT2D eigenvalue weighted by Crippen LogP contribution is -2.32. The minimum absolute atomic E-state index is 0. The van der Waals surface area contributed by atoms with Crippen LogP contribution in [0.15, 0.2) is 23.1 Å². The summed E-state index contributed by atoms with van der Waals surface area (Å²) in [6.07, 6.45) is 2.44. The van der Waals surface area contributed by atoms with Gasteiger partial charge in [0.05, 0.1) is 7.11 Å². The molecule has 2 aliphatic rings. The lowest BCUT2D eigenvalue weighted by atomic mass is 10.2. The fourth-order valence-electron chi connectivity index (χ4n) is 2.66. The van der Waals surface area contributed by atoms with E-state index in [0.29, 0.717) is 18.7 Å². The fraction of sp³-hybridized carbons (Fsp3) is 0.533. The number of ether oxygens (including phenoxy) is 1. The largest absolute Gasteiger partial charge is 0.495 e. The van der Waals surface area contributed by atoms with Crippen molar-refractivity contribution in [3.63, 3.8) is 0 Å². The molecule has 1 saturated carbocycles. The SMILES string of the molecule is COc1ccc(C(=O)N2CC[C@@H](N)C2)cc1S(=O)(=O)NC1CC1.Cl. The van der Waals surface area contributed by atoms with E-state index in [1.54, 1.807) is 11.0 Å². The molecule has 134 valence electrons. The van der Waals surface area contributed by atoms with E-state index in [9.17, 15) is 13.2 Å². The summed E-state index contributed by atoms with van der Waals surface area (Å²) in [4.78, 5) is 14.2. The maximum atomic E-state index is 12.5. The number of rotatable bonds is 5. The van der Waals surface area contributed by atoms with Crippen LogP contribution in [0.5, 0.6) is 5.75 Å². The van der Waals surface area contributed by atoms with Crippen LogP contribution in [-0.4, -0.2) is 51.5 Å². The Morgan fingerprint density at radius 2 is 2.04 bits per heavy atom. The van der Waals surface area contributed by atoms with Crippen LogP contribution in [0, 0.1) is 0 Å². The molecule has 1 amide bonds. The van der Waals surface area contributed by atoms with Crippen molar-refractivity contribution in [3.8, 4) is 5.75 Å². The molecule has 24 heavy (non-hydrogen) atoms. The molecule has 3 rings (SSSR count). The summed E-state index contributed by atoms with van der Waals surface area (Å²) in [5.74, 6) is 0.0244. The van der Waals surface area contributed by atoms with Crippen molar-refractivity contribution in [2.45, 2.75) is 36.2 Å². The number of carbonyl (C=O) groups is 1. The number of halogens is 1. The average Bonchev–Trinajstić information content (AvgIpc) is 3.22.